The Morgan fingerprint density at radius 1 is 1.37 bits per heavy atom. The molecule has 1 N–H and O–H groups in total. The number of ether oxygens (including phenoxy) is 1. The molecule has 19 heavy (non-hydrogen) atoms. The van der Waals surface area contributed by atoms with Gasteiger partial charge in [-0.3, -0.25) is 0 Å². The predicted octanol–water partition coefficient (Wildman–Crippen LogP) is 1.57. The van der Waals surface area contributed by atoms with E-state index in [1.807, 2.05) is 12.1 Å². The summed E-state index contributed by atoms with van der Waals surface area (Å²) >= 11 is 0. The zero-order valence-corrected chi connectivity index (χ0v) is 12.2. The van der Waals surface area contributed by atoms with Crippen LogP contribution >= 0.6 is 0 Å². The van der Waals surface area contributed by atoms with E-state index in [2.05, 4.69) is 12.2 Å². The molecule has 1 heterocycles. The maximum atomic E-state index is 11.5. The normalized spacial score (nSPS) is 22.1. The van der Waals surface area contributed by atoms with Crippen LogP contribution in [-0.2, 0) is 14.6 Å². The summed E-state index contributed by atoms with van der Waals surface area (Å²) in [5.74, 6) is 0.307. The highest BCUT2D eigenvalue weighted by Crippen LogP contribution is 2.27. The highest BCUT2D eigenvalue weighted by atomic mass is 32.2. The molecule has 1 fully saturated rings. The molecule has 1 aromatic carbocycles. The molecule has 2 unspecified atom stereocenters. The fraction of sp³-hybridized carbons (Fsp3) is 0.571. The Hall–Kier alpha value is -0.910. The van der Waals surface area contributed by atoms with Crippen LogP contribution in [0.3, 0.4) is 0 Å². The molecule has 0 amide bonds. The third-order valence-electron chi connectivity index (χ3n) is 3.58. The van der Waals surface area contributed by atoms with Gasteiger partial charge in [-0.1, -0.05) is 19.1 Å². The van der Waals surface area contributed by atoms with E-state index in [9.17, 15) is 8.42 Å². The van der Waals surface area contributed by atoms with Crippen LogP contribution < -0.4 is 5.32 Å². The standard InChI is InChI=1S/C14H21NO3S/c1-3-13(14-10-15-8-9-18-14)11-4-6-12(7-5-11)19(2,16)17/h4-7,13-15H,3,8-10H2,1-2H3. The van der Waals surface area contributed by atoms with Crippen molar-refractivity contribution in [3.05, 3.63) is 29.8 Å². The Labute approximate surface area is 115 Å². The first-order chi connectivity index (χ1) is 9.02. The van der Waals surface area contributed by atoms with Crippen LogP contribution in [0.2, 0.25) is 0 Å². The number of hydrogen-bond acceptors (Lipinski definition) is 4. The quantitative estimate of drug-likeness (QED) is 0.911. The minimum absolute atomic E-state index is 0.169. The highest BCUT2D eigenvalue weighted by molar-refractivity contribution is 7.90. The zero-order valence-electron chi connectivity index (χ0n) is 11.4. The van der Waals surface area contributed by atoms with Gasteiger partial charge in [-0.2, -0.15) is 0 Å². The van der Waals surface area contributed by atoms with Crippen molar-refractivity contribution in [3.8, 4) is 0 Å². The average molecular weight is 283 g/mol. The second-order valence-corrected chi connectivity index (χ2v) is 6.99. The molecule has 106 valence electrons. The molecular formula is C14H21NO3S. The van der Waals surface area contributed by atoms with E-state index in [1.54, 1.807) is 12.1 Å². The molecule has 1 aliphatic rings. The summed E-state index contributed by atoms with van der Waals surface area (Å²) < 4.78 is 28.7. The smallest absolute Gasteiger partial charge is 0.175 e. The van der Waals surface area contributed by atoms with Gasteiger partial charge in [-0.25, -0.2) is 8.42 Å². The van der Waals surface area contributed by atoms with Gasteiger partial charge in [0.25, 0.3) is 0 Å². The van der Waals surface area contributed by atoms with Gasteiger partial charge in [0.2, 0.25) is 0 Å². The van der Waals surface area contributed by atoms with Gasteiger partial charge in [0.1, 0.15) is 0 Å². The number of hydrogen-bond donors (Lipinski definition) is 1. The Morgan fingerprint density at radius 3 is 2.53 bits per heavy atom. The summed E-state index contributed by atoms with van der Waals surface area (Å²) in [5, 5.41) is 3.33. The van der Waals surface area contributed by atoms with Crippen molar-refractivity contribution in [2.75, 3.05) is 26.0 Å². The molecule has 0 aliphatic carbocycles. The van der Waals surface area contributed by atoms with Crippen molar-refractivity contribution < 1.29 is 13.2 Å². The minimum Gasteiger partial charge on any atom is -0.375 e. The largest absolute Gasteiger partial charge is 0.375 e. The monoisotopic (exact) mass is 283 g/mol. The number of morpholine rings is 1. The number of benzene rings is 1. The van der Waals surface area contributed by atoms with Gasteiger partial charge in [-0.05, 0) is 24.1 Å². The molecule has 0 bridgehead atoms. The summed E-state index contributed by atoms with van der Waals surface area (Å²) in [6, 6.07) is 7.18. The van der Waals surface area contributed by atoms with Gasteiger partial charge < -0.3 is 10.1 Å². The predicted molar refractivity (Wildman–Crippen MR) is 75.2 cm³/mol. The molecule has 2 rings (SSSR count). The van der Waals surface area contributed by atoms with Crippen LogP contribution in [0.25, 0.3) is 0 Å². The lowest BCUT2D eigenvalue weighted by Gasteiger charge is -2.30. The fourth-order valence-corrected chi connectivity index (χ4v) is 3.15. The molecule has 1 aliphatic heterocycles. The molecule has 0 saturated carbocycles. The van der Waals surface area contributed by atoms with Gasteiger partial charge in [0.15, 0.2) is 9.84 Å². The van der Waals surface area contributed by atoms with Crippen LogP contribution in [0.5, 0.6) is 0 Å². The fourth-order valence-electron chi connectivity index (χ4n) is 2.52. The van der Waals surface area contributed by atoms with E-state index >= 15 is 0 Å². The van der Waals surface area contributed by atoms with Gasteiger partial charge in [0, 0.05) is 25.3 Å². The van der Waals surface area contributed by atoms with Crippen molar-refractivity contribution in [3.63, 3.8) is 0 Å². The lowest BCUT2D eigenvalue weighted by atomic mass is 9.90. The Balaban J connectivity index is 2.19. The SMILES string of the molecule is CCC(c1ccc(S(C)(=O)=O)cc1)C1CNCCO1. The number of nitrogens with one attached hydrogen (secondary N) is 1. The van der Waals surface area contributed by atoms with E-state index in [0.29, 0.717) is 10.8 Å². The van der Waals surface area contributed by atoms with Crippen LogP contribution in [-0.4, -0.2) is 40.5 Å². The summed E-state index contributed by atoms with van der Waals surface area (Å²) in [7, 11) is -3.12. The van der Waals surface area contributed by atoms with Crippen molar-refractivity contribution >= 4 is 9.84 Å². The summed E-state index contributed by atoms with van der Waals surface area (Å²) in [5.41, 5.74) is 1.14. The third-order valence-corrected chi connectivity index (χ3v) is 4.71. The van der Waals surface area contributed by atoms with Crippen molar-refractivity contribution in [1.29, 1.82) is 0 Å². The van der Waals surface area contributed by atoms with Gasteiger partial charge >= 0.3 is 0 Å². The lowest BCUT2D eigenvalue weighted by Crippen LogP contribution is -2.41. The van der Waals surface area contributed by atoms with Gasteiger partial charge in [0.05, 0.1) is 17.6 Å². The van der Waals surface area contributed by atoms with Crippen molar-refractivity contribution in [1.82, 2.24) is 5.32 Å². The van der Waals surface area contributed by atoms with E-state index in [1.165, 1.54) is 6.26 Å². The number of rotatable bonds is 4. The topological polar surface area (TPSA) is 55.4 Å². The third kappa shape index (κ3) is 3.55. The highest BCUT2D eigenvalue weighted by Gasteiger charge is 2.24. The molecule has 2 atom stereocenters. The molecule has 5 heteroatoms. The second-order valence-electron chi connectivity index (χ2n) is 4.97. The summed E-state index contributed by atoms with van der Waals surface area (Å²) in [6.45, 7) is 4.63. The molecule has 0 aromatic heterocycles. The maximum absolute atomic E-state index is 11.5. The summed E-state index contributed by atoms with van der Waals surface area (Å²) in [6.07, 6.45) is 2.38. The molecule has 1 aromatic rings. The molecule has 0 radical (unpaired) electrons. The minimum atomic E-state index is -3.12. The van der Waals surface area contributed by atoms with Crippen LogP contribution in [0.1, 0.15) is 24.8 Å². The van der Waals surface area contributed by atoms with E-state index in [-0.39, 0.29) is 6.10 Å². The van der Waals surface area contributed by atoms with Crippen LogP contribution in [0, 0.1) is 0 Å². The Morgan fingerprint density at radius 2 is 2.05 bits per heavy atom. The summed E-state index contributed by atoms with van der Waals surface area (Å²) in [4.78, 5) is 0.369. The van der Waals surface area contributed by atoms with E-state index in [4.69, 9.17) is 4.74 Å². The molecule has 0 spiro atoms. The average Bonchev–Trinajstić information content (AvgIpc) is 2.40. The van der Waals surface area contributed by atoms with Crippen molar-refractivity contribution in [2.45, 2.75) is 30.3 Å². The zero-order chi connectivity index (χ0) is 13.9. The molecular weight excluding hydrogens is 262 g/mol. The van der Waals surface area contributed by atoms with E-state index < -0.39 is 9.84 Å². The molecule has 4 nitrogen and oxygen atoms in total. The first kappa shape index (κ1) is 14.5. The van der Waals surface area contributed by atoms with Gasteiger partial charge in [-0.15, -0.1) is 0 Å². The van der Waals surface area contributed by atoms with Crippen LogP contribution in [0.4, 0.5) is 0 Å². The molecule has 1 saturated heterocycles. The van der Waals surface area contributed by atoms with E-state index in [0.717, 1.165) is 31.7 Å². The first-order valence-electron chi connectivity index (χ1n) is 6.64. The maximum Gasteiger partial charge on any atom is 0.175 e. The Kier molecular flexibility index (Phi) is 4.60. The van der Waals surface area contributed by atoms with Crippen molar-refractivity contribution in [2.24, 2.45) is 0 Å². The lowest BCUT2D eigenvalue weighted by molar-refractivity contribution is 0.0102. The first-order valence-corrected chi connectivity index (χ1v) is 8.54. The number of sulfone groups is 1. The van der Waals surface area contributed by atoms with Crippen LogP contribution in [0.15, 0.2) is 29.2 Å². The Bertz CT molecular complexity index is 504. The second kappa shape index (κ2) is 6.03.